The summed E-state index contributed by atoms with van der Waals surface area (Å²) in [6, 6.07) is 2.11. The van der Waals surface area contributed by atoms with Gasteiger partial charge < -0.3 is 9.84 Å². The SMILES string of the molecule is CCOC(=O)/C(C=NC(C)(C)C)=C(/O)c1cc([N+](=O)[O-])c(Cl)cc1Cl. The maximum Gasteiger partial charge on any atom is 0.343 e. The van der Waals surface area contributed by atoms with Crippen molar-refractivity contribution in [2.24, 2.45) is 4.99 Å². The first-order valence-corrected chi connectivity index (χ1v) is 8.03. The van der Waals surface area contributed by atoms with Gasteiger partial charge in [-0.1, -0.05) is 23.2 Å². The van der Waals surface area contributed by atoms with Crippen LogP contribution < -0.4 is 0 Å². The van der Waals surface area contributed by atoms with Crippen molar-refractivity contribution in [1.29, 1.82) is 0 Å². The van der Waals surface area contributed by atoms with Crippen LogP contribution in [0.3, 0.4) is 0 Å². The third-order valence-corrected chi connectivity index (χ3v) is 3.44. The van der Waals surface area contributed by atoms with Crippen molar-refractivity contribution in [3.8, 4) is 0 Å². The fourth-order valence-electron chi connectivity index (χ4n) is 1.68. The lowest BCUT2D eigenvalue weighted by Gasteiger charge is -2.13. The van der Waals surface area contributed by atoms with E-state index in [-0.39, 0.29) is 27.8 Å². The molecule has 1 N–H and O–H groups in total. The summed E-state index contributed by atoms with van der Waals surface area (Å²) in [7, 11) is 0. The van der Waals surface area contributed by atoms with Gasteiger partial charge in [0.1, 0.15) is 16.4 Å². The van der Waals surface area contributed by atoms with Crippen LogP contribution in [0.25, 0.3) is 5.76 Å². The molecule has 0 atom stereocenters. The van der Waals surface area contributed by atoms with E-state index in [1.165, 1.54) is 0 Å². The Hall–Kier alpha value is -2.12. The molecule has 0 fully saturated rings. The van der Waals surface area contributed by atoms with Gasteiger partial charge in [-0.15, -0.1) is 0 Å². The van der Waals surface area contributed by atoms with Crippen LogP contribution in [0.4, 0.5) is 5.69 Å². The molecule has 7 nitrogen and oxygen atoms in total. The molecule has 0 saturated heterocycles. The smallest absolute Gasteiger partial charge is 0.343 e. The van der Waals surface area contributed by atoms with E-state index in [0.29, 0.717) is 0 Å². The highest BCUT2D eigenvalue weighted by Gasteiger charge is 2.23. The van der Waals surface area contributed by atoms with Crippen LogP contribution in [-0.4, -0.2) is 34.4 Å². The fourth-order valence-corrected chi connectivity index (χ4v) is 2.22. The van der Waals surface area contributed by atoms with Crippen LogP contribution in [0.2, 0.25) is 10.0 Å². The van der Waals surface area contributed by atoms with E-state index in [0.717, 1.165) is 18.3 Å². The number of aliphatic imine (C=N–C) groups is 1. The van der Waals surface area contributed by atoms with Crippen molar-refractivity contribution in [3.63, 3.8) is 0 Å². The molecular formula is C16H18Cl2N2O5. The summed E-state index contributed by atoms with van der Waals surface area (Å²) in [5.74, 6) is -1.42. The Labute approximate surface area is 155 Å². The second-order valence-corrected chi connectivity index (χ2v) is 6.77. The number of benzene rings is 1. The van der Waals surface area contributed by atoms with E-state index in [1.807, 2.05) is 0 Å². The zero-order valence-electron chi connectivity index (χ0n) is 14.2. The van der Waals surface area contributed by atoms with E-state index in [1.54, 1.807) is 27.7 Å². The van der Waals surface area contributed by atoms with E-state index < -0.39 is 27.9 Å². The van der Waals surface area contributed by atoms with Crippen molar-refractivity contribution in [1.82, 2.24) is 0 Å². The summed E-state index contributed by atoms with van der Waals surface area (Å²) in [6.45, 7) is 7.07. The number of nitrogens with zero attached hydrogens (tertiary/aromatic N) is 2. The van der Waals surface area contributed by atoms with Gasteiger partial charge in [0.15, 0.2) is 0 Å². The Morgan fingerprint density at radius 1 is 1.36 bits per heavy atom. The molecule has 1 aromatic carbocycles. The average Bonchev–Trinajstić information content (AvgIpc) is 2.45. The second-order valence-electron chi connectivity index (χ2n) is 5.95. The molecule has 0 saturated carbocycles. The maximum atomic E-state index is 12.1. The summed E-state index contributed by atoms with van der Waals surface area (Å²) in [5, 5.41) is 21.3. The third kappa shape index (κ3) is 5.72. The highest BCUT2D eigenvalue weighted by Crippen LogP contribution is 2.34. The van der Waals surface area contributed by atoms with Crippen LogP contribution >= 0.6 is 23.2 Å². The Morgan fingerprint density at radius 2 is 1.96 bits per heavy atom. The lowest BCUT2D eigenvalue weighted by molar-refractivity contribution is -0.384. The van der Waals surface area contributed by atoms with E-state index in [4.69, 9.17) is 27.9 Å². The predicted octanol–water partition coefficient (Wildman–Crippen LogP) is 4.60. The molecule has 0 aliphatic rings. The number of hydrogen-bond acceptors (Lipinski definition) is 6. The van der Waals surface area contributed by atoms with E-state index in [9.17, 15) is 20.0 Å². The molecule has 0 amide bonds. The largest absolute Gasteiger partial charge is 0.506 e. The van der Waals surface area contributed by atoms with Crippen molar-refractivity contribution in [2.75, 3.05) is 6.61 Å². The van der Waals surface area contributed by atoms with Crippen LogP contribution in [0.15, 0.2) is 22.7 Å². The lowest BCUT2D eigenvalue weighted by atomic mass is 10.1. The number of nitro benzene ring substituents is 1. The van der Waals surface area contributed by atoms with E-state index >= 15 is 0 Å². The Balaban J connectivity index is 3.60. The highest BCUT2D eigenvalue weighted by molar-refractivity contribution is 6.37. The van der Waals surface area contributed by atoms with Gasteiger partial charge in [-0.3, -0.25) is 15.1 Å². The third-order valence-electron chi connectivity index (χ3n) is 2.82. The maximum absolute atomic E-state index is 12.1. The molecule has 0 heterocycles. The molecule has 0 aliphatic carbocycles. The second kappa shape index (κ2) is 8.31. The first kappa shape index (κ1) is 20.9. The minimum atomic E-state index is -0.832. The minimum absolute atomic E-state index is 0.0564. The zero-order valence-corrected chi connectivity index (χ0v) is 15.7. The Bertz CT molecular complexity index is 752. The average molecular weight is 389 g/mol. The fraction of sp³-hybridized carbons (Fsp3) is 0.375. The molecule has 0 spiro atoms. The van der Waals surface area contributed by atoms with Gasteiger partial charge in [0.2, 0.25) is 0 Å². The van der Waals surface area contributed by atoms with Gasteiger partial charge in [-0.25, -0.2) is 4.79 Å². The first-order chi connectivity index (χ1) is 11.5. The molecule has 0 aromatic heterocycles. The lowest BCUT2D eigenvalue weighted by Crippen LogP contribution is -2.15. The van der Waals surface area contributed by atoms with Crippen LogP contribution in [0.5, 0.6) is 0 Å². The molecule has 136 valence electrons. The standard InChI is InChI=1S/C16H18Cl2N2O5/c1-5-25-15(22)10(8-19-16(2,3)4)14(21)9-6-13(20(23)24)12(18)7-11(9)17/h6-8,21H,5H2,1-4H3/b14-10+,19-8?. The molecular weight excluding hydrogens is 371 g/mol. The number of ether oxygens (including phenoxy) is 1. The topological polar surface area (TPSA) is 102 Å². The molecule has 0 aliphatic heterocycles. The predicted molar refractivity (Wildman–Crippen MR) is 97.5 cm³/mol. The van der Waals surface area contributed by atoms with Crippen molar-refractivity contribution >= 4 is 46.8 Å². The van der Waals surface area contributed by atoms with Crippen LogP contribution in [0.1, 0.15) is 33.3 Å². The quantitative estimate of drug-likeness (QED) is 0.198. The van der Waals surface area contributed by atoms with Crippen LogP contribution in [0, 0.1) is 10.1 Å². The number of rotatable bonds is 5. The molecule has 0 unspecified atom stereocenters. The monoisotopic (exact) mass is 388 g/mol. The van der Waals surface area contributed by atoms with Crippen molar-refractivity contribution in [3.05, 3.63) is 43.4 Å². The molecule has 0 radical (unpaired) electrons. The van der Waals surface area contributed by atoms with Gasteiger partial charge in [0.05, 0.1) is 22.1 Å². The van der Waals surface area contributed by atoms with Gasteiger partial charge in [0.25, 0.3) is 5.69 Å². The molecule has 1 aromatic rings. The zero-order chi connectivity index (χ0) is 19.4. The summed E-state index contributed by atoms with van der Waals surface area (Å²) >= 11 is 11.8. The Morgan fingerprint density at radius 3 is 2.44 bits per heavy atom. The number of aliphatic hydroxyl groups excluding tert-OH is 1. The molecule has 1 rings (SSSR count). The molecule has 9 heteroatoms. The number of carbonyl (C=O) groups is 1. The summed E-state index contributed by atoms with van der Waals surface area (Å²) in [5.41, 5.74) is -1.37. The number of esters is 1. The summed E-state index contributed by atoms with van der Waals surface area (Å²) < 4.78 is 4.90. The highest BCUT2D eigenvalue weighted by atomic mass is 35.5. The number of hydrogen-bond donors (Lipinski definition) is 1. The molecule has 0 bridgehead atoms. The van der Waals surface area contributed by atoms with Crippen molar-refractivity contribution in [2.45, 2.75) is 33.2 Å². The normalized spacial score (nSPS) is 12.9. The minimum Gasteiger partial charge on any atom is -0.506 e. The molecule has 25 heavy (non-hydrogen) atoms. The first-order valence-electron chi connectivity index (χ1n) is 7.27. The number of carbonyl (C=O) groups excluding carboxylic acids is 1. The van der Waals surface area contributed by atoms with Crippen LogP contribution in [-0.2, 0) is 9.53 Å². The van der Waals surface area contributed by atoms with Gasteiger partial charge in [0, 0.05) is 17.8 Å². The summed E-state index contributed by atoms with van der Waals surface area (Å²) in [4.78, 5) is 26.6. The van der Waals surface area contributed by atoms with Crippen molar-refractivity contribution < 1.29 is 19.6 Å². The van der Waals surface area contributed by atoms with Gasteiger partial charge in [-0.05, 0) is 33.8 Å². The number of halogens is 2. The van der Waals surface area contributed by atoms with Gasteiger partial charge >= 0.3 is 5.97 Å². The number of nitro groups is 1. The summed E-state index contributed by atoms with van der Waals surface area (Å²) in [6.07, 6.45) is 1.16. The number of aliphatic hydroxyl groups is 1. The Kier molecular flexibility index (Phi) is 6.96. The van der Waals surface area contributed by atoms with Gasteiger partial charge in [-0.2, -0.15) is 0 Å². The van der Waals surface area contributed by atoms with E-state index in [2.05, 4.69) is 4.99 Å².